The van der Waals surface area contributed by atoms with Gasteiger partial charge in [-0.05, 0) is 68.3 Å². The van der Waals surface area contributed by atoms with E-state index in [-0.39, 0.29) is 38.2 Å². The summed E-state index contributed by atoms with van der Waals surface area (Å²) in [5.41, 5.74) is 9.23. The number of carbonyl (C=O) groups is 5. The lowest BCUT2D eigenvalue weighted by molar-refractivity contribution is -0.136. The minimum absolute atomic E-state index is 0.0973. The summed E-state index contributed by atoms with van der Waals surface area (Å²) in [6, 6.07) is 22.4. The predicted octanol–water partition coefficient (Wildman–Crippen LogP) is 3.71. The van der Waals surface area contributed by atoms with Gasteiger partial charge in [0.25, 0.3) is 0 Å². The van der Waals surface area contributed by atoms with Crippen LogP contribution in [0.15, 0.2) is 91.1 Å². The van der Waals surface area contributed by atoms with Gasteiger partial charge in [0.1, 0.15) is 24.2 Å². The highest BCUT2D eigenvalue weighted by atomic mass is 16.5. The molecule has 1 aromatic heterocycles. The number of benzene rings is 3. The second-order valence-electron chi connectivity index (χ2n) is 14.7. The Labute approximate surface area is 334 Å². The maximum absolute atomic E-state index is 14.4. The molecular weight excluding hydrogens is 723 g/mol. The zero-order valence-corrected chi connectivity index (χ0v) is 32.8. The molecule has 2 heterocycles. The van der Waals surface area contributed by atoms with Crippen LogP contribution in [-0.2, 0) is 48.2 Å². The molecule has 13 heteroatoms. The summed E-state index contributed by atoms with van der Waals surface area (Å²) in [4.78, 5) is 73.0. The van der Waals surface area contributed by atoms with Crippen LogP contribution in [0.25, 0.3) is 10.9 Å². The number of nitrogens with two attached hydrogens (primary N) is 1. The first-order valence-electron chi connectivity index (χ1n) is 20.1. The van der Waals surface area contributed by atoms with Crippen LogP contribution in [0.1, 0.15) is 75.0 Å². The zero-order valence-electron chi connectivity index (χ0n) is 32.8. The van der Waals surface area contributed by atoms with Gasteiger partial charge in [0, 0.05) is 42.9 Å². The number of unbranched alkanes of at least 4 members (excludes halogenated alkanes) is 1. The number of para-hydroxylation sites is 1. The Kier molecular flexibility index (Phi) is 16.6. The van der Waals surface area contributed by atoms with Crippen molar-refractivity contribution in [2.24, 2.45) is 5.73 Å². The number of rotatable bonds is 12. The fraction of sp³-hybridized carbons (Fsp3) is 0.432. The standard InChI is InChI=1S/C44H57N7O6/c1-30(57-29-32-18-8-5-9-19-32)40-44(56)46-25-15-3-2-10-23-39(52)48-37(26-31-16-6-4-7-17-31)42(54)50-38(27-33-28-47-35-21-12-11-20-34(33)35)43(55)49-36(41(53)51-40)22-13-14-24-45/h4-9,11-12,16-21,28,30,36-38,40,47H,2-3,10,13-15,22-27,29,45H2,1H3,(H,46,56)(H,48,52)(H,49,55)(H,50,54)(H,51,53)/t30-,36-,37-,38+,40-/m0/s1. The second kappa shape index (κ2) is 22.3. The quantitative estimate of drug-likeness (QED) is 0.107. The molecule has 1 saturated heterocycles. The summed E-state index contributed by atoms with van der Waals surface area (Å²) >= 11 is 0. The van der Waals surface area contributed by atoms with E-state index in [1.807, 2.05) is 84.9 Å². The Hall–Kier alpha value is -5.53. The molecule has 5 rings (SSSR count). The fourth-order valence-electron chi connectivity index (χ4n) is 7.00. The Morgan fingerprint density at radius 3 is 2.04 bits per heavy atom. The van der Waals surface area contributed by atoms with Crippen LogP contribution in [0.2, 0.25) is 0 Å². The topological polar surface area (TPSA) is 197 Å². The molecule has 0 spiro atoms. The van der Waals surface area contributed by atoms with E-state index in [0.29, 0.717) is 38.8 Å². The molecule has 304 valence electrons. The molecule has 8 N–H and O–H groups in total. The maximum atomic E-state index is 14.4. The first-order chi connectivity index (χ1) is 27.7. The van der Waals surface area contributed by atoms with Gasteiger partial charge >= 0.3 is 0 Å². The van der Waals surface area contributed by atoms with Crippen molar-refractivity contribution >= 4 is 40.4 Å². The van der Waals surface area contributed by atoms with E-state index in [0.717, 1.165) is 40.4 Å². The van der Waals surface area contributed by atoms with Crippen LogP contribution < -0.4 is 32.3 Å². The SMILES string of the molecule is C[C@H](OCc1ccccc1)[C@@H]1NC(=O)[C@H](CCCCN)NC(=O)[C@@H](Cc2c[nH]c3ccccc23)NC(=O)[C@H](Cc2ccccc2)NC(=O)CCCCCCNC1=O. The fourth-order valence-corrected chi connectivity index (χ4v) is 7.00. The van der Waals surface area contributed by atoms with Crippen LogP contribution >= 0.6 is 0 Å². The highest BCUT2D eigenvalue weighted by Crippen LogP contribution is 2.20. The molecule has 1 aliphatic rings. The monoisotopic (exact) mass is 779 g/mol. The number of nitrogens with one attached hydrogen (secondary N) is 6. The minimum atomic E-state index is -1.13. The smallest absolute Gasteiger partial charge is 0.245 e. The normalized spacial score (nSPS) is 21.4. The average Bonchev–Trinajstić information content (AvgIpc) is 3.63. The number of hydrogen-bond donors (Lipinski definition) is 7. The molecule has 5 amide bonds. The number of H-pyrrole nitrogens is 1. The number of aromatic nitrogens is 1. The summed E-state index contributed by atoms with van der Waals surface area (Å²) < 4.78 is 6.12. The lowest BCUT2D eigenvalue weighted by Crippen LogP contribution is -2.60. The maximum Gasteiger partial charge on any atom is 0.245 e. The van der Waals surface area contributed by atoms with E-state index >= 15 is 0 Å². The third-order valence-electron chi connectivity index (χ3n) is 10.3. The van der Waals surface area contributed by atoms with Crippen molar-refractivity contribution in [1.82, 2.24) is 31.6 Å². The van der Waals surface area contributed by atoms with E-state index in [2.05, 4.69) is 31.6 Å². The van der Waals surface area contributed by atoms with Crippen LogP contribution in [-0.4, -0.2) is 77.9 Å². The number of carbonyl (C=O) groups excluding carboxylic acids is 5. The van der Waals surface area contributed by atoms with Gasteiger partial charge in [0.05, 0.1) is 12.7 Å². The summed E-state index contributed by atoms with van der Waals surface area (Å²) in [7, 11) is 0. The van der Waals surface area contributed by atoms with Crippen molar-refractivity contribution in [2.75, 3.05) is 13.1 Å². The molecule has 1 aliphatic heterocycles. The Bertz CT molecular complexity index is 1900. The molecule has 0 bridgehead atoms. The molecule has 0 radical (unpaired) electrons. The molecule has 5 atom stereocenters. The number of amides is 5. The molecule has 13 nitrogen and oxygen atoms in total. The molecular formula is C44H57N7O6. The van der Waals surface area contributed by atoms with E-state index in [4.69, 9.17) is 10.5 Å². The lowest BCUT2D eigenvalue weighted by Gasteiger charge is -2.29. The third-order valence-corrected chi connectivity index (χ3v) is 10.3. The van der Waals surface area contributed by atoms with Crippen molar-refractivity contribution < 1.29 is 28.7 Å². The van der Waals surface area contributed by atoms with Crippen LogP contribution in [0.5, 0.6) is 0 Å². The Morgan fingerprint density at radius 1 is 0.667 bits per heavy atom. The number of ether oxygens (including phenoxy) is 1. The molecule has 0 unspecified atom stereocenters. The number of hydrogen-bond acceptors (Lipinski definition) is 7. The first-order valence-corrected chi connectivity index (χ1v) is 20.1. The van der Waals surface area contributed by atoms with Crippen molar-refractivity contribution in [1.29, 1.82) is 0 Å². The summed E-state index contributed by atoms with van der Waals surface area (Å²) in [5, 5.41) is 15.5. The van der Waals surface area contributed by atoms with Gasteiger partial charge in [-0.1, -0.05) is 91.7 Å². The number of fused-ring (bicyclic) bond motifs is 1. The summed E-state index contributed by atoms with van der Waals surface area (Å²) in [5.74, 6) is -2.34. The van der Waals surface area contributed by atoms with Gasteiger partial charge in [-0.2, -0.15) is 0 Å². The van der Waals surface area contributed by atoms with E-state index in [1.54, 1.807) is 13.1 Å². The second-order valence-corrected chi connectivity index (χ2v) is 14.7. The van der Waals surface area contributed by atoms with Gasteiger partial charge < -0.3 is 42.0 Å². The Morgan fingerprint density at radius 2 is 1.30 bits per heavy atom. The van der Waals surface area contributed by atoms with Crippen LogP contribution in [0.4, 0.5) is 0 Å². The van der Waals surface area contributed by atoms with Gasteiger partial charge in [0.15, 0.2) is 0 Å². The molecule has 3 aromatic carbocycles. The average molecular weight is 780 g/mol. The first kappa shape index (κ1) is 42.6. The van der Waals surface area contributed by atoms with Crippen molar-refractivity contribution in [2.45, 2.75) is 108 Å². The lowest BCUT2D eigenvalue weighted by atomic mass is 10.0. The van der Waals surface area contributed by atoms with Crippen molar-refractivity contribution in [3.05, 3.63) is 108 Å². The molecule has 0 saturated carbocycles. The minimum Gasteiger partial charge on any atom is -0.371 e. The van der Waals surface area contributed by atoms with E-state index in [1.165, 1.54) is 0 Å². The van der Waals surface area contributed by atoms with Crippen molar-refractivity contribution in [3.8, 4) is 0 Å². The van der Waals surface area contributed by atoms with Gasteiger partial charge in [-0.15, -0.1) is 0 Å². The summed E-state index contributed by atoms with van der Waals surface area (Å²) in [6.07, 6.45) is 5.76. The Balaban J connectivity index is 1.45. The third kappa shape index (κ3) is 13.3. The molecule has 0 aliphatic carbocycles. The molecule has 4 aromatic rings. The molecule has 1 fully saturated rings. The predicted molar refractivity (Wildman–Crippen MR) is 220 cm³/mol. The molecule has 57 heavy (non-hydrogen) atoms. The zero-order chi connectivity index (χ0) is 40.4. The van der Waals surface area contributed by atoms with Crippen LogP contribution in [0, 0.1) is 0 Å². The van der Waals surface area contributed by atoms with Gasteiger partial charge in [0.2, 0.25) is 29.5 Å². The van der Waals surface area contributed by atoms with Gasteiger partial charge in [-0.3, -0.25) is 24.0 Å². The summed E-state index contributed by atoms with van der Waals surface area (Å²) in [6.45, 7) is 2.73. The number of aromatic amines is 1. The van der Waals surface area contributed by atoms with E-state index < -0.39 is 53.9 Å². The van der Waals surface area contributed by atoms with Crippen LogP contribution in [0.3, 0.4) is 0 Å². The van der Waals surface area contributed by atoms with Crippen molar-refractivity contribution in [3.63, 3.8) is 0 Å². The van der Waals surface area contributed by atoms with Gasteiger partial charge in [-0.25, -0.2) is 0 Å². The highest BCUT2D eigenvalue weighted by Gasteiger charge is 2.34. The highest BCUT2D eigenvalue weighted by molar-refractivity contribution is 5.96. The van der Waals surface area contributed by atoms with E-state index in [9.17, 15) is 24.0 Å². The largest absolute Gasteiger partial charge is 0.371 e.